The van der Waals surface area contributed by atoms with Crippen LogP contribution < -0.4 is 0 Å². The summed E-state index contributed by atoms with van der Waals surface area (Å²) in [6.45, 7) is 14.9. The zero-order valence-electron chi connectivity index (χ0n) is 13.2. The smallest absolute Gasteiger partial charge is 0.0611 e. The molecule has 0 aliphatic rings. The molecular weight excluding hydrogens is 252 g/mol. The fourth-order valence-electron chi connectivity index (χ4n) is 3.40. The van der Waals surface area contributed by atoms with Gasteiger partial charge >= 0.3 is 0 Å². The van der Waals surface area contributed by atoms with Crippen molar-refractivity contribution in [1.82, 2.24) is 0 Å². The lowest BCUT2D eigenvalue weighted by Gasteiger charge is -2.51. The Kier molecular flexibility index (Phi) is 9.03. The van der Waals surface area contributed by atoms with Crippen molar-refractivity contribution in [3.63, 3.8) is 0 Å². The van der Waals surface area contributed by atoms with Crippen LogP contribution in [0.25, 0.3) is 0 Å². The number of hydrogen-bond donors (Lipinski definition) is 0. The highest BCUT2D eigenvalue weighted by molar-refractivity contribution is 7.53. The molecule has 17 heavy (non-hydrogen) atoms. The molecule has 0 radical (unpaired) electrons. The van der Waals surface area contributed by atoms with Gasteiger partial charge in [-0.2, -0.15) is 0 Å². The lowest BCUT2D eigenvalue weighted by molar-refractivity contribution is 1.02. The van der Waals surface area contributed by atoms with Crippen molar-refractivity contribution in [2.45, 2.75) is 90.6 Å². The van der Waals surface area contributed by atoms with E-state index in [2.05, 4.69) is 41.5 Å². The predicted molar refractivity (Wildman–Crippen MR) is 90.8 cm³/mol. The van der Waals surface area contributed by atoms with Gasteiger partial charge < -0.3 is 0 Å². The third kappa shape index (κ3) is 5.03. The highest BCUT2D eigenvalue weighted by Gasteiger charge is 2.28. The van der Waals surface area contributed by atoms with Crippen LogP contribution in [0.3, 0.4) is 0 Å². The van der Waals surface area contributed by atoms with E-state index in [1.807, 2.05) is 0 Å². The molecule has 0 spiro atoms. The molecule has 0 fully saturated rings. The normalized spacial score (nSPS) is 13.1. The van der Waals surface area contributed by atoms with E-state index in [0.717, 1.165) is 8.55 Å². The van der Waals surface area contributed by atoms with E-state index in [-0.39, 0.29) is 0 Å². The summed E-state index contributed by atoms with van der Waals surface area (Å²) in [6.07, 6.45) is 2.90. The molecule has 0 aromatic heterocycles. The molecule has 0 aliphatic carbocycles. The molecule has 104 valence electrons. The predicted octanol–water partition coefficient (Wildman–Crippen LogP) is 5.21. The van der Waals surface area contributed by atoms with Gasteiger partial charge in [0.05, 0.1) is 0 Å². The molecule has 0 aliphatic heterocycles. The van der Waals surface area contributed by atoms with Gasteiger partial charge in [0.15, 0.2) is 0 Å². The largest absolute Gasteiger partial charge is 0.271 e. The fraction of sp³-hybridized carbons (Fsp3) is 1.00. The van der Waals surface area contributed by atoms with E-state index in [1.165, 1.54) is 12.8 Å². The zero-order chi connectivity index (χ0) is 13.4. The first kappa shape index (κ1) is 17.7. The second kappa shape index (κ2) is 8.70. The topological polar surface area (TPSA) is 0 Å². The number of hydrogen-bond acceptors (Lipinski definition) is 0. The first-order valence-corrected chi connectivity index (χ1v) is 16.8. The molecule has 0 unspecified atom stereocenters. The van der Waals surface area contributed by atoms with Crippen LogP contribution in [0, 0.1) is 0 Å². The molecule has 0 nitrogen and oxygen atoms in total. The number of rotatable bonds is 10. The molecule has 0 rings (SSSR count). The Morgan fingerprint density at radius 1 is 0.588 bits per heavy atom. The van der Waals surface area contributed by atoms with Crippen LogP contribution in [-0.4, -0.2) is 23.7 Å². The third-order valence-electron chi connectivity index (χ3n) is 4.92. The average molecular weight is 288 g/mol. The molecular formula is C14H35Si3-. The van der Waals surface area contributed by atoms with E-state index >= 15 is 0 Å². The molecule has 0 saturated carbocycles. The van der Waals surface area contributed by atoms with E-state index in [9.17, 15) is 0 Å². The zero-order valence-corrected chi connectivity index (χ0v) is 16.4. The fourth-order valence-corrected chi connectivity index (χ4v) is 40.8. The van der Waals surface area contributed by atoms with Crippen molar-refractivity contribution in [1.29, 1.82) is 0 Å². The Balaban J connectivity index is 4.89. The van der Waals surface area contributed by atoms with Crippen molar-refractivity contribution >= 4 is 23.7 Å². The Hall–Kier alpha value is 0.651. The van der Waals surface area contributed by atoms with Crippen LogP contribution in [0.2, 0.25) is 36.3 Å². The Bertz CT molecular complexity index is 164. The van der Waals surface area contributed by atoms with E-state index in [0.29, 0.717) is 0 Å². The maximum absolute atomic E-state index is 2.51. The van der Waals surface area contributed by atoms with Crippen molar-refractivity contribution in [2.75, 3.05) is 0 Å². The van der Waals surface area contributed by atoms with Crippen LogP contribution in [0.15, 0.2) is 0 Å². The first-order valence-electron chi connectivity index (χ1n) is 7.94. The molecule has 0 aromatic rings. The minimum atomic E-state index is -0.813. The van der Waals surface area contributed by atoms with Crippen LogP contribution in [0.4, 0.5) is 0 Å². The minimum Gasteiger partial charge on any atom is -0.271 e. The Labute approximate surface area is 114 Å². The summed E-state index contributed by atoms with van der Waals surface area (Å²) in [5, 5.41) is 0. The first-order chi connectivity index (χ1) is 8.07. The van der Waals surface area contributed by atoms with Gasteiger partial charge in [0.2, 0.25) is 0 Å². The van der Waals surface area contributed by atoms with Crippen LogP contribution >= 0.6 is 0 Å². The molecule has 0 amide bonds. The lowest BCUT2D eigenvalue weighted by atomic mass is 10.6. The molecule has 0 heterocycles. The van der Waals surface area contributed by atoms with Gasteiger partial charge in [0.25, 0.3) is 0 Å². The lowest BCUT2D eigenvalue weighted by Crippen LogP contribution is -2.56. The van der Waals surface area contributed by atoms with Crippen LogP contribution in [-0.2, 0) is 0 Å². The van der Waals surface area contributed by atoms with Crippen molar-refractivity contribution in [3.8, 4) is 0 Å². The summed E-state index contributed by atoms with van der Waals surface area (Å²) >= 11 is 0. The van der Waals surface area contributed by atoms with Crippen molar-refractivity contribution in [2.24, 2.45) is 0 Å². The molecule has 3 heteroatoms. The summed E-state index contributed by atoms with van der Waals surface area (Å²) in [5.41, 5.74) is 0. The van der Waals surface area contributed by atoms with E-state index in [1.54, 1.807) is 36.3 Å². The molecule has 0 atom stereocenters. The summed E-state index contributed by atoms with van der Waals surface area (Å²) in [4.78, 5) is 0. The second-order valence-corrected chi connectivity index (χ2v) is 26.2. The molecule has 0 bridgehead atoms. The average Bonchev–Trinajstić information content (AvgIpc) is 2.37. The maximum Gasteiger partial charge on any atom is -0.0611 e. The second-order valence-electron chi connectivity index (χ2n) is 5.78. The van der Waals surface area contributed by atoms with Gasteiger partial charge in [0, 0.05) is 0 Å². The summed E-state index contributed by atoms with van der Waals surface area (Å²) in [5.74, 6) is 0. The van der Waals surface area contributed by atoms with Crippen molar-refractivity contribution < 1.29 is 0 Å². The SMILES string of the molecule is CCC[Si](CC)(CC)[SiH-][Si](CC)(CC)CCC. The summed E-state index contributed by atoms with van der Waals surface area (Å²) < 4.78 is 0. The van der Waals surface area contributed by atoms with Gasteiger partial charge in [-0.15, -0.1) is 15.2 Å². The van der Waals surface area contributed by atoms with Gasteiger partial charge in [-0.3, -0.25) is 8.55 Å². The molecule has 0 saturated heterocycles. The summed E-state index contributed by atoms with van der Waals surface area (Å²) in [7, 11) is -0.762. The molecule has 0 N–H and O–H groups in total. The highest BCUT2D eigenvalue weighted by atomic mass is 29.6. The highest BCUT2D eigenvalue weighted by Crippen LogP contribution is 2.30. The van der Waals surface area contributed by atoms with Crippen molar-refractivity contribution in [3.05, 3.63) is 0 Å². The monoisotopic (exact) mass is 287 g/mol. The quantitative estimate of drug-likeness (QED) is 0.484. The van der Waals surface area contributed by atoms with Gasteiger partial charge in [0.1, 0.15) is 0 Å². The van der Waals surface area contributed by atoms with Gasteiger partial charge in [-0.1, -0.05) is 90.6 Å². The Morgan fingerprint density at radius 3 is 1.06 bits per heavy atom. The summed E-state index contributed by atoms with van der Waals surface area (Å²) in [6, 6.07) is 9.56. The van der Waals surface area contributed by atoms with E-state index < -0.39 is 15.2 Å². The van der Waals surface area contributed by atoms with Gasteiger partial charge in [-0.25, -0.2) is 0 Å². The van der Waals surface area contributed by atoms with Crippen LogP contribution in [0.1, 0.15) is 54.4 Å². The van der Waals surface area contributed by atoms with Gasteiger partial charge in [-0.05, 0) is 0 Å². The maximum atomic E-state index is 2.51. The molecule has 0 aromatic carbocycles. The van der Waals surface area contributed by atoms with Crippen LogP contribution in [0.5, 0.6) is 0 Å². The third-order valence-corrected chi connectivity index (χ3v) is 36.1. The van der Waals surface area contributed by atoms with E-state index in [4.69, 9.17) is 0 Å². The Morgan fingerprint density at radius 2 is 0.882 bits per heavy atom. The standard InChI is InChI=1S/C14H35Si3/c1-7-13-16(9-3,10-4)15-17(11-5,12-6)14-8-2/h15H,7-14H2,1-6H3/q-1. The minimum absolute atomic E-state index is 0.813.